The number of benzene rings is 1. The van der Waals surface area contributed by atoms with Crippen LogP contribution in [0, 0.1) is 13.8 Å². The molecule has 5 nitrogen and oxygen atoms in total. The lowest BCUT2D eigenvalue weighted by Crippen LogP contribution is -2.14. The molecule has 0 aliphatic heterocycles. The highest BCUT2D eigenvalue weighted by atomic mass is 35.5. The SMILES string of the molecule is Cc1cc(-c2cc3ccc(Cl)nc3n2S(=O)(=O)c2ccccc2)cc(C)n1. The normalized spacial score (nSPS) is 11.8. The van der Waals surface area contributed by atoms with Crippen LogP contribution in [-0.4, -0.2) is 22.4 Å². The highest BCUT2D eigenvalue weighted by molar-refractivity contribution is 7.90. The second-order valence-electron chi connectivity index (χ2n) is 6.30. The lowest BCUT2D eigenvalue weighted by atomic mass is 10.1. The average Bonchev–Trinajstić information content (AvgIpc) is 3.01. The average molecular weight is 398 g/mol. The Morgan fingerprint density at radius 2 is 1.56 bits per heavy atom. The summed E-state index contributed by atoms with van der Waals surface area (Å²) in [5.41, 5.74) is 3.20. The summed E-state index contributed by atoms with van der Waals surface area (Å²) in [6, 6.07) is 17.3. The Morgan fingerprint density at radius 1 is 0.889 bits per heavy atom. The Labute approximate surface area is 162 Å². The first-order chi connectivity index (χ1) is 12.9. The van der Waals surface area contributed by atoms with Crippen LogP contribution in [0.4, 0.5) is 0 Å². The molecule has 0 amide bonds. The van der Waals surface area contributed by atoms with Crippen LogP contribution in [0.2, 0.25) is 5.15 Å². The smallest absolute Gasteiger partial charge is 0.258 e. The molecular weight excluding hydrogens is 382 g/mol. The van der Waals surface area contributed by atoms with Gasteiger partial charge in [-0.1, -0.05) is 29.8 Å². The molecule has 0 N–H and O–H groups in total. The Bertz CT molecular complexity index is 1250. The number of hydrogen-bond donors (Lipinski definition) is 0. The highest BCUT2D eigenvalue weighted by Crippen LogP contribution is 2.32. The fourth-order valence-corrected chi connectivity index (χ4v) is 4.80. The molecule has 0 saturated carbocycles. The molecule has 27 heavy (non-hydrogen) atoms. The molecule has 0 spiro atoms. The van der Waals surface area contributed by atoms with Crippen LogP contribution < -0.4 is 0 Å². The fraction of sp³-hybridized carbons (Fsp3) is 0.100. The first-order valence-corrected chi connectivity index (χ1v) is 10.1. The number of aryl methyl sites for hydroxylation is 2. The Kier molecular flexibility index (Phi) is 4.25. The zero-order valence-corrected chi connectivity index (χ0v) is 16.3. The summed E-state index contributed by atoms with van der Waals surface area (Å²) >= 11 is 6.06. The first-order valence-electron chi connectivity index (χ1n) is 8.30. The lowest BCUT2D eigenvalue weighted by molar-refractivity contribution is 0.589. The van der Waals surface area contributed by atoms with Gasteiger partial charge in [0.05, 0.1) is 10.6 Å². The van der Waals surface area contributed by atoms with E-state index >= 15 is 0 Å². The molecule has 0 fully saturated rings. The largest absolute Gasteiger partial charge is 0.269 e. The van der Waals surface area contributed by atoms with E-state index in [2.05, 4.69) is 9.97 Å². The van der Waals surface area contributed by atoms with Crippen LogP contribution in [0.3, 0.4) is 0 Å². The Morgan fingerprint density at radius 3 is 2.22 bits per heavy atom. The van der Waals surface area contributed by atoms with Gasteiger partial charge in [-0.2, -0.15) is 0 Å². The molecule has 1 aromatic carbocycles. The number of pyridine rings is 2. The van der Waals surface area contributed by atoms with Gasteiger partial charge in [0.25, 0.3) is 10.0 Å². The summed E-state index contributed by atoms with van der Waals surface area (Å²) in [5, 5.41) is 0.930. The van der Waals surface area contributed by atoms with Crippen LogP contribution in [0.1, 0.15) is 11.4 Å². The van der Waals surface area contributed by atoms with E-state index in [1.54, 1.807) is 42.5 Å². The van der Waals surface area contributed by atoms with Crippen molar-refractivity contribution in [1.82, 2.24) is 13.9 Å². The third kappa shape index (κ3) is 3.11. The quantitative estimate of drug-likeness (QED) is 0.474. The topological polar surface area (TPSA) is 64.8 Å². The molecule has 0 saturated heterocycles. The third-order valence-electron chi connectivity index (χ3n) is 4.23. The van der Waals surface area contributed by atoms with Crippen LogP contribution in [0.5, 0.6) is 0 Å². The molecule has 0 atom stereocenters. The maximum absolute atomic E-state index is 13.4. The van der Waals surface area contributed by atoms with Gasteiger partial charge in [-0.3, -0.25) is 4.98 Å². The number of halogens is 1. The van der Waals surface area contributed by atoms with E-state index < -0.39 is 10.0 Å². The molecule has 0 radical (unpaired) electrons. The van der Waals surface area contributed by atoms with Crippen molar-refractivity contribution in [2.45, 2.75) is 18.7 Å². The standard InChI is InChI=1S/C20H16ClN3O2S/c1-13-10-16(11-14(2)22-13)18-12-15-8-9-19(21)23-20(15)24(18)27(25,26)17-6-4-3-5-7-17/h3-12H,1-2H3. The second kappa shape index (κ2) is 6.48. The molecule has 4 aromatic rings. The summed E-state index contributed by atoms with van der Waals surface area (Å²) in [5.74, 6) is 0. The van der Waals surface area contributed by atoms with E-state index in [4.69, 9.17) is 11.6 Å². The molecule has 0 bridgehead atoms. The summed E-state index contributed by atoms with van der Waals surface area (Å²) in [7, 11) is -3.87. The molecule has 0 aliphatic carbocycles. The summed E-state index contributed by atoms with van der Waals surface area (Å²) < 4.78 is 28.2. The van der Waals surface area contributed by atoms with E-state index in [1.807, 2.05) is 32.0 Å². The highest BCUT2D eigenvalue weighted by Gasteiger charge is 2.25. The monoisotopic (exact) mass is 397 g/mol. The predicted octanol–water partition coefficient (Wildman–Crippen LogP) is 4.61. The molecular formula is C20H16ClN3O2S. The number of hydrogen-bond acceptors (Lipinski definition) is 4. The maximum Gasteiger partial charge on any atom is 0.269 e. The van der Waals surface area contributed by atoms with Gasteiger partial charge in [0, 0.05) is 22.3 Å². The predicted molar refractivity (Wildman–Crippen MR) is 106 cm³/mol. The van der Waals surface area contributed by atoms with Gasteiger partial charge in [0.1, 0.15) is 5.15 Å². The van der Waals surface area contributed by atoms with Crippen molar-refractivity contribution in [3.05, 3.63) is 77.2 Å². The Hall–Kier alpha value is -2.70. The number of nitrogens with zero attached hydrogens (tertiary/aromatic N) is 3. The van der Waals surface area contributed by atoms with Crippen molar-refractivity contribution in [3.8, 4) is 11.3 Å². The van der Waals surface area contributed by atoms with E-state index in [0.717, 1.165) is 17.0 Å². The minimum Gasteiger partial charge on any atom is -0.258 e. The second-order valence-corrected chi connectivity index (χ2v) is 8.47. The first kappa shape index (κ1) is 17.7. The fourth-order valence-electron chi connectivity index (χ4n) is 3.16. The molecule has 136 valence electrons. The van der Waals surface area contributed by atoms with Crippen LogP contribution in [0.25, 0.3) is 22.3 Å². The van der Waals surface area contributed by atoms with Gasteiger partial charge >= 0.3 is 0 Å². The summed E-state index contributed by atoms with van der Waals surface area (Å²) in [6.45, 7) is 3.76. The molecule has 3 aromatic heterocycles. The van der Waals surface area contributed by atoms with Crippen molar-refractivity contribution in [2.75, 3.05) is 0 Å². The van der Waals surface area contributed by atoms with Gasteiger partial charge in [0.15, 0.2) is 5.65 Å². The van der Waals surface area contributed by atoms with Crippen molar-refractivity contribution >= 4 is 32.7 Å². The number of aromatic nitrogens is 3. The van der Waals surface area contributed by atoms with Crippen molar-refractivity contribution in [1.29, 1.82) is 0 Å². The van der Waals surface area contributed by atoms with Crippen molar-refractivity contribution in [3.63, 3.8) is 0 Å². The van der Waals surface area contributed by atoms with Crippen LogP contribution >= 0.6 is 11.6 Å². The van der Waals surface area contributed by atoms with Crippen molar-refractivity contribution in [2.24, 2.45) is 0 Å². The van der Waals surface area contributed by atoms with E-state index in [1.165, 1.54) is 3.97 Å². The molecule has 3 heterocycles. The van der Waals surface area contributed by atoms with Crippen LogP contribution in [0.15, 0.2) is 65.6 Å². The van der Waals surface area contributed by atoms with Crippen LogP contribution in [-0.2, 0) is 10.0 Å². The number of rotatable bonds is 3. The minimum atomic E-state index is -3.87. The summed E-state index contributed by atoms with van der Waals surface area (Å²) in [6.07, 6.45) is 0. The lowest BCUT2D eigenvalue weighted by Gasteiger charge is -2.12. The van der Waals surface area contributed by atoms with E-state index in [9.17, 15) is 8.42 Å². The van der Waals surface area contributed by atoms with E-state index in [0.29, 0.717) is 16.7 Å². The van der Waals surface area contributed by atoms with Crippen molar-refractivity contribution < 1.29 is 8.42 Å². The zero-order valence-electron chi connectivity index (χ0n) is 14.7. The van der Waals surface area contributed by atoms with Gasteiger partial charge in [-0.05, 0) is 56.3 Å². The van der Waals surface area contributed by atoms with Gasteiger partial charge < -0.3 is 0 Å². The Balaban J connectivity index is 2.10. The molecule has 7 heteroatoms. The van der Waals surface area contributed by atoms with Gasteiger partial charge in [-0.25, -0.2) is 17.4 Å². The summed E-state index contributed by atoms with van der Waals surface area (Å²) in [4.78, 5) is 8.86. The number of fused-ring (bicyclic) bond motifs is 1. The van der Waals surface area contributed by atoms with E-state index in [-0.39, 0.29) is 10.0 Å². The zero-order chi connectivity index (χ0) is 19.2. The maximum atomic E-state index is 13.4. The molecule has 0 aliphatic rings. The molecule has 0 unspecified atom stereocenters. The minimum absolute atomic E-state index is 0.188. The molecule has 4 rings (SSSR count). The third-order valence-corrected chi connectivity index (χ3v) is 6.16. The van der Waals surface area contributed by atoms with Gasteiger partial charge in [0.2, 0.25) is 0 Å². The van der Waals surface area contributed by atoms with Gasteiger partial charge in [-0.15, -0.1) is 0 Å².